The summed E-state index contributed by atoms with van der Waals surface area (Å²) in [6, 6.07) is 11.7. The topological polar surface area (TPSA) is 78.1 Å². The lowest BCUT2D eigenvalue weighted by Gasteiger charge is -2.33. The summed E-state index contributed by atoms with van der Waals surface area (Å²) in [4.78, 5) is 15.6. The summed E-state index contributed by atoms with van der Waals surface area (Å²) in [5, 5.41) is 3.15. The Morgan fingerprint density at radius 1 is 0.971 bits per heavy atom. The van der Waals surface area contributed by atoms with Crippen molar-refractivity contribution >= 4 is 5.91 Å². The SMILES string of the molecule is Cc1ccc(C(CNC(=O)c2cc(C)n(-c3ccc4c(c3)OCCO4)c2C)N2CCOCC2)o1. The number of rotatable bonds is 6. The molecule has 1 amide bonds. The van der Waals surface area contributed by atoms with Gasteiger partial charge in [-0.1, -0.05) is 0 Å². The molecule has 2 aromatic heterocycles. The third-order valence-electron chi connectivity index (χ3n) is 6.49. The zero-order valence-electron chi connectivity index (χ0n) is 19.9. The Morgan fingerprint density at radius 2 is 1.74 bits per heavy atom. The van der Waals surface area contributed by atoms with E-state index in [0.29, 0.717) is 38.5 Å². The summed E-state index contributed by atoms with van der Waals surface area (Å²) in [5.41, 5.74) is 3.45. The number of morpholine rings is 1. The molecular weight excluding hydrogens is 434 g/mol. The quantitative estimate of drug-likeness (QED) is 0.600. The summed E-state index contributed by atoms with van der Waals surface area (Å²) in [6.07, 6.45) is 0. The van der Waals surface area contributed by atoms with Gasteiger partial charge in [0, 0.05) is 42.8 Å². The number of carbonyl (C=O) groups excluding carboxylic acids is 1. The van der Waals surface area contributed by atoms with Gasteiger partial charge in [-0.05, 0) is 51.1 Å². The molecule has 0 spiro atoms. The summed E-state index contributed by atoms with van der Waals surface area (Å²) in [6.45, 7) is 10.4. The number of furan rings is 1. The molecule has 1 N–H and O–H groups in total. The van der Waals surface area contributed by atoms with Gasteiger partial charge in [0.25, 0.3) is 5.91 Å². The normalized spacial score (nSPS) is 16.9. The van der Waals surface area contributed by atoms with Crippen LogP contribution in [0.1, 0.15) is 39.3 Å². The molecule has 2 aliphatic heterocycles. The maximum Gasteiger partial charge on any atom is 0.253 e. The number of amides is 1. The van der Waals surface area contributed by atoms with Gasteiger partial charge in [0.15, 0.2) is 11.5 Å². The van der Waals surface area contributed by atoms with Crippen molar-refractivity contribution in [3.05, 3.63) is 64.9 Å². The van der Waals surface area contributed by atoms with Gasteiger partial charge >= 0.3 is 0 Å². The van der Waals surface area contributed by atoms with Crippen molar-refractivity contribution in [2.45, 2.75) is 26.8 Å². The van der Waals surface area contributed by atoms with Crippen LogP contribution in [0, 0.1) is 20.8 Å². The van der Waals surface area contributed by atoms with E-state index in [1.54, 1.807) is 0 Å². The number of aromatic nitrogens is 1. The van der Waals surface area contributed by atoms with Gasteiger partial charge in [-0.25, -0.2) is 0 Å². The Morgan fingerprint density at radius 3 is 2.47 bits per heavy atom. The molecule has 2 aliphatic rings. The Balaban J connectivity index is 1.35. The largest absolute Gasteiger partial charge is 0.486 e. The van der Waals surface area contributed by atoms with Crippen LogP contribution >= 0.6 is 0 Å². The fraction of sp³-hybridized carbons (Fsp3) is 0.423. The second kappa shape index (κ2) is 9.56. The molecule has 8 heteroatoms. The van der Waals surface area contributed by atoms with Crippen LogP contribution in [0.3, 0.4) is 0 Å². The molecule has 1 saturated heterocycles. The molecular formula is C26H31N3O5. The monoisotopic (exact) mass is 465 g/mol. The van der Waals surface area contributed by atoms with E-state index in [1.165, 1.54) is 0 Å². The number of hydrogen-bond acceptors (Lipinski definition) is 6. The van der Waals surface area contributed by atoms with E-state index in [0.717, 1.165) is 53.2 Å². The maximum atomic E-state index is 13.3. The third kappa shape index (κ3) is 4.43. The molecule has 1 unspecified atom stereocenters. The molecule has 0 saturated carbocycles. The zero-order chi connectivity index (χ0) is 23.7. The van der Waals surface area contributed by atoms with Crippen molar-refractivity contribution in [3.8, 4) is 17.2 Å². The number of benzene rings is 1. The minimum absolute atomic E-state index is 0.0390. The highest BCUT2D eigenvalue weighted by Crippen LogP contribution is 2.33. The smallest absolute Gasteiger partial charge is 0.253 e. The van der Waals surface area contributed by atoms with Crippen LogP contribution < -0.4 is 14.8 Å². The molecule has 0 radical (unpaired) electrons. The number of fused-ring (bicyclic) bond motifs is 1. The first-order chi connectivity index (χ1) is 16.5. The standard InChI is InChI=1S/C26H31N3O5/c1-17-14-21(19(3)29(17)20-5-7-24-25(15-20)33-13-12-32-24)26(30)27-16-22(23-6-4-18(2)34-23)28-8-10-31-11-9-28/h4-7,14-15,22H,8-13,16H2,1-3H3,(H,27,30). The van der Waals surface area contributed by atoms with Crippen LogP contribution in [-0.4, -0.2) is 61.4 Å². The van der Waals surface area contributed by atoms with Crippen molar-refractivity contribution in [2.24, 2.45) is 0 Å². The Labute approximate surface area is 199 Å². The lowest BCUT2D eigenvalue weighted by atomic mass is 10.1. The molecule has 8 nitrogen and oxygen atoms in total. The van der Waals surface area contributed by atoms with Gasteiger partial charge in [0.1, 0.15) is 24.7 Å². The molecule has 0 bridgehead atoms. The summed E-state index contributed by atoms with van der Waals surface area (Å²) in [5.74, 6) is 3.10. The molecule has 5 rings (SSSR count). The van der Waals surface area contributed by atoms with E-state index in [2.05, 4.69) is 14.8 Å². The summed E-state index contributed by atoms with van der Waals surface area (Å²) >= 11 is 0. The fourth-order valence-corrected chi connectivity index (χ4v) is 4.78. The molecule has 3 aromatic rings. The van der Waals surface area contributed by atoms with E-state index in [9.17, 15) is 4.79 Å². The number of aryl methyl sites for hydroxylation is 2. The second-order valence-electron chi connectivity index (χ2n) is 8.77. The van der Waals surface area contributed by atoms with E-state index >= 15 is 0 Å². The van der Waals surface area contributed by atoms with Crippen LogP contribution in [0.25, 0.3) is 5.69 Å². The number of hydrogen-bond donors (Lipinski definition) is 1. The first-order valence-electron chi connectivity index (χ1n) is 11.8. The molecule has 34 heavy (non-hydrogen) atoms. The Hall–Kier alpha value is -3.23. The van der Waals surface area contributed by atoms with E-state index in [4.69, 9.17) is 18.6 Å². The summed E-state index contributed by atoms with van der Waals surface area (Å²) < 4.78 is 24.9. The van der Waals surface area contributed by atoms with Gasteiger partial charge in [-0.2, -0.15) is 0 Å². The first kappa shape index (κ1) is 22.6. The van der Waals surface area contributed by atoms with E-state index in [-0.39, 0.29) is 11.9 Å². The zero-order valence-corrected chi connectivity index (χ0v) is 19.9. The predicted octanol–water partition coefficient (Wildman–Crippen LogP) is 3.57. The van der Waals surface area contributed by atoms with Crippen molar-refractivity contribution in [1.82, 2.24) is 14.8 Å². The molecule has 1 aromatic carbocycles. The number of carbonyl (C=O) groups is 1. The number of nitrogens with one attached hydrogen (secondary N) is 1. The van der Waals surface area contributed by atoms with Gasteiger partial charge in [0.2, 0.25) is 0 Å². The second-order valence-corrected chi connectivity index (χ2v) is 8.77. The molecule has 4 heterocycles. The number of nitrogens with zero attached hydrogens (tertiary/aromatic N) is 2. The lowest BCUT2D eigenvalue weighted by Crippen LogP contribution is -2.43. The highest BCUT2D eigenvalue weighted by atomic mass is 16.6. The minimum atomic E-state index is -0.0987. The minimum Gasteiger partial charge on any atom is -0.486 e. The van der Waals surface area contributed by atoms with Gasteiger partial charge in [-0.15, -0.1) is 0 Å². The number of ether oxygens (including phenoxy) is 3. The predicted molar refractivity (Wildman–Crippen MR) is 127 cm³/mol. The third-order valence-corrected chi connectivity index (χ3v) is 6.49. The first-order valence-corrected chi connectivity index (χ1v) is 11.8. The molecule has 1 atom stereocenters. The lowest BCUT2D eigenvalue weighted by molar-refractivity contribution is 0.0117. The highest BCUT2D eigenvalue weighted by Gasteiger charge is 2.27. The maximum absolute atomic E-state index is 13.3. The molecule has 1 fully saturated rings. The van der Waals surface area contributed by atoms with Gasteiger partial charge in [0.05, 0.1) is 24.8 Å². The van der Waals surface area contributed by atoms with E-state index in [1.807, 2.05) is 57.2 Å². The Bertz CT molecular complexity index is 1180. The average Bonchev–Trinajstić information content (AvgIpc) is 3.41. The van der Waals surface area contributed by atoms with Crippen LogP contribution in [0.4, 0.5) is 0 Å². The van der Waals surface area contributed by atoms with Crippen LogP contribution in [0.15, 0.2) is 40.8 Å². The average molecular weight is 466 g/mol. The van der Waals surface area contributed by atoms with Crippen LogP contribution in [0.2, 0.25) is 0 Å². The van der Waals surface area contributed by atoms with Gasteiger partial charge < -0.3 is 28.5 Å². The molecule has 0 aliphatic carbocycles. The summed E-state index contributed by atoms with van der Waals surface area (Å²) in [7, 11) is 0. The molecule has 180 valence electrons. The van der Waals surface area contributed by atoms with Crippen LogP contribution in [0.5, 0.6) is 11.5 Å². The van der Waals surface area contributed by atoms with Crippen molar-refractivity contribution in [1.29, 1.82) is 0 Å². The highest BCUT2D eigenvalue weighted by molar-refractivity contribution is 5.96. The Kier molecular flexibility index (Phi) is 6.34. The van der Waals surface area contributed by atoms with E-state index < -0.39 is 0 Å². The van der Waals surface area contributed by atoms with Crippen molar-refractivity contribution in [3.63, 3.8) is 0 Å². The van der Waals surface area contributed by atoms with Crippen molar-refractivity contribution in [2.75, 3.05) is 46.1 Å². The fourth-order valence-electron chi connectivity index (χ4n) is 4.78. The van der Waals surface area contributed by atoms with Gasteiger partial charge in [-0.3, -0.25) is 9.69 Å². The van der Waals surface area contributed by atoms with Crippen molar-refractivity contribution < 1.29 is 23.4 Å². The van der Waals surface area contributed by atoms with Crippen LogP contribution in [-0.2, 0) is 4.74 Å².